The van der Waals surface area contributed by atoms with E-state index >= 15 is 0 Å². The number of thiazole rings is 1. The number of methoxy groups -OCH3 is 1. The predicted octanol–water partition coefficient (Wildman–Crippen LogP) is 5.14. The average Bonchev–Trinajstić information content (AvgIpc) is 3.39. The molecule has 4 rings (SSSR count). The maximum absolute atomic E-state index is 12.7. The van der Waals surface area contributed by atoms with Crippen LogP contribution in [0.5, 0.6) is 5.75 Å². The molecule has 0 saturated carbocycles. The van der Waals surface area contributed by atoms with Crippen LogP contribution in [-0.4, -0.2) is 23.2 Å². The second-order valence-corrected chi connectivity index (χ2v) is 7.11. The van der Waals surface area contributed by atoms with Gasteiger partial charge in [0.2, 0.25) is 0 Å². The Hall–Kier alpha value is -3.45. The number of para-hydroxylation sites is 1. The first-order chi connectivity index (χ1) is 14.2. The quantitative estimate of drug-likeness (QED) is 0.413. The van der Waals surface area contributed by atoms with E-state index in [4.69, 9.17) is 14.0 Å². The van der Waals surface area contributed by atoms with E-state index in [1.165, 1.54) is 11.3 Å². The van der Waals surface area contributed by atoms with Crippen molar-refractivity contribution in [2.45, 2.75) is 13.5 Å². The third kappa shape index (κ3) is 3.90. The van der Waals surface area contributed by atoms with E-state index in [2.05, 4.69) is 10.1 Å². The normalized spacial score (nSPS) is 10.7. The molecular formula is C22H18N2O4S. The lowest BCUT2D eigenvalue weighted by atomic mass is 10.1. The molecule has 29 heavy (non-hydrogen) atoms. The van der Waals surface area contributed by atoms with Gasteiger partial charge in [-0.3, -0.25) is 0 Å². The van der Waals surface area contributed by atoms with Gasteiger partial charge in [0.25, 0.3) is 0 Å². The zero-order valence-corrected chi connectivity index (χ0v) is 16.7. The number of nitrogens with zero attached hydrogens (tertiary/aromatic N) is 2. The number of rotatable bonds is 6. The molecule has 0 bridgehead atoms. The summed E-state index contributed by atoms with van der Waals surface area (Å²) in [5.41, 5.74) is 3.17. The molecule has 0 atom stereocenters. The number of hydrogen-bond donors (Lipinski definition) is 0. The highest BCUT2D eigenvalue weighted by Gasteiger charge is 2.23. The van der Waals surface area contributed by atoms with Crippen LogP contribution in [0.1, 0.15) is 21.8 Å². The van der Waals surface area contributed by atoms with E-state index in [9.17, 15) is 4.79 Å². The van der Waals surface area contributed by atoms with Gasteiger partial charge >= 0.3 is 5.97 Å². The molecule has 0 fully saturated rings. The lowest BCUT2D eigenvalue weighted by Gasteiger charge is -2.05. The summed E-state index contributed by atoms with van der Waals surface area (Å²) in [6.45, 7) is 1.75. The van der Waals surface area contributed by atoms with E-state index in [0.29, 0.717) is 22.7 Å². The number of carbonyl (C=O) groups is 1. The number of aromatic nitrogens is 2. The fraction of sp³-hybridized carbons (Fsp3) is 0.136. The molecule has 0 aliphatic heterocycles. The summed E-state index contributed by atoms with van der Waals surface area (Å²) in [7, 11) is 1.63. The molecule has 6 nitrogen and oxygen atoms in total. The molecule has 0 spiro atoms. The van der Waals surface area contributed by atoms with E-state index in [0.717, 1.165) is 21.9 Å². The second kappa shape index (κ2) is 8.28. The van der Waals surface area contributed by atoms with Crippen molar-refractivity contribution in [2.24, 2.45) is 0 Å². The first-order valence-corrected chi connectivity index (χ1v) is 9.82. The SMILES string of the molecule is COc1ccccc1-c1nc(COC(=O)c2c(-c3ccccc3)noc2C)cs1. The van der Waals surface area contributed by atoms with Gasteiger partial charge in [-0.05, 0) is 19.1 Å². The Morgan fingerprint density at radius 3 is 2.66 bits per heavy atom. The van der Waals surface area contributed by atoms with Crippen molar-refractivity contribution in [3.8, 4) is 27.6 Å². The Kier molecular flexibility index (Phi) is 5.39. The molecule has 2 heterocycles. The van der Waals surface area contributed by atoms with E-state index in [1.807, 2.05) is 60.0 Å². The molecule has 0 aliphatic rings. The topological polar surface area (TPSA) is 74.5 Å². The second-order valence-electron chi connectivity index (χ2n) is 6.25. The first kappa shape index (κ1) is 18.9. The van der Waals surface area contributed by atoms with Gasteiger partial charge < -0.3 is 14.0 Å². The molecule has 146 valence electrons. The first-order valence-electron chi connectivity index (χ1n) is 8.94. The minimum atomic E-state index is -0.491. The Bertz CT molecular complexity index is 1130. The summed E-state index contributed by atoms with van der Waals surface area (Å²) in [5.74, 6) is 0.675. The Labute approximate surface area is 171 Å². The molecular weight excluding hydrogens is 388 g/mol. The van der Waals surface area contributed by atoms with Gasteiger partial charge in [0, 0.05) is 10.9 Å². The summed E-state index contributed by atoms with van der Waals surface area (Å²) in [5, 5.41) is 6.70. The van der Waals surface area contributed by atoms with Crippen molar-refractivity contribution < 1.29 is 18.8 Å². The van der Waals surface area contributed by atoms with Crippen molar-refractivity contribution in [1.82, 2.24) is 10.1 Å². The third-order valence-electron chi connectivity index (χ3n) is 4.35. The molecule has 4 aromatic rings. The molecule has 2 aromatic heterocycles. The predicted molar refractivity (Wildman–Crippen MR) is 110 cm³/mol. The molecule has 7 heteroatoms. The van der Waals surface area contributed by atoms with Crippen molar-refractivity contribution in [1.29, 1.82) is 0 Å². The van der Waals surface area contributed by atoms with Crippen LogP contribution in [0.3, 0.4) is 0 Å². The number of hydrogen-bond acceptors (Lipinski definition) is 7. The van der Waals surface area contributed by atoms with Crippen LogP contribution in [0.15, 0.2) is 64.5 Å². The largest absolute Gasteiger partial charge is 0.496 e. The van der Waals surface area contributed by atoms with Crippen LogP contribution in [0.2, 0.25) is 0 Å². The van der Waals surface area contributed by atoms with Crippen LogP contribution in [0, 0.1) is 6.92 Å². The van der Waals surface area contributed by atoms with Gasteiger partial charge in [-0.15, -0.1) is 11.3 Å². The molecule has 0 amide bonds. The number of aryl methyl sites for hydroxylation is 1. The lowest BCUT2D eigenvalue weighted by Crippen LogP contribution is -2.07. The minimum absolute atomic E-state index is 0.0589. The fourth-order valence-corrected chi connectivity index (χ4v) is 3.77. The van der Waals surface area contributed by atoms with Crippen molar-refractivity contribution in [2.75, 3.05) is 7.11 Å². The summed E-state index contributed by atoms with van der Waals surface area (Å²) in [4.78, 5) is 17.3. The third-order valence-corrected chi connectivity index (χ3v) is 5.28. The van der Waals surface area contributed by atoms with Gasteiger partial charge in [0.05, 0.1) is 18.4 Å². The maximum atomic E-state index is 12.7. The smallest absolute Gasteiger partial charge is 0.344 e. The van der Waals surface area contributed by atoms with Crippen LogP contribution < -0.4 is 4.74 Å². The van der Waals surface area contributed by atoms with Crippen LogP contribution in [0.4, 0.5) is 0 Å². The van der Waals surface area contributed by atoms with Crippen molar-refractivity contribution >= 4 is 17.3 Å². The zero-order chi connectivity index (χ0) is 20.2. The Morgan fingerprint density at radius 2 is 1.86 bits per heavy atom. The highest BCUT2D eigenvalue weighted by atomic mass is 32.1. The van der Waals surface area contributed by atoms with Crippen LogP contribution in [-0.2, 0) is 11.3 Å². The molecule has 0 radical (unpaired) electrons. The fourth-order valence-electron chi connectivity index (χ4n) is 2.94. The maximum Gasteiger partial charge on any atom is 0.344 e. The number of carbonyl (C=O) groups excluding carboxylic acids is 1. The molecule has 0 aliphatic carbocycles. The molecule has 0 N–H and O–H groups in total. The summed E-state index contributed by atoms with van der Waals surface area (Å²) in [6.07, 6.45) is 0. The standard InChI is InChI=1S/C22H18N2O4S/c1-14-19(20(24-28-14)15-8-4-3-5-9-15)22(25)27-12-16-13-29-21(23-16)17-10-6-7-11-18(17)26-2/h3-11,13H,12H2,1-2H3. The monoisotopic (exact) mass is 406 g/mol. The number of ether oxygens (including phenoxy) is 2. The van der Waals surface area contributed by atoms with Crippen molar-refractivity contribution in [3.63, 3.8) is 0 Å². The number of benzene rings is 2. The van der Waals surface area contributed by atoms with Gasteiger partial charge in [0.1, 0.15) is 34.4 Å². The molecule has 2 aromatic carbocycles. The van der Waals surface area contributed by atoms with E-state index < -0.39 is 5.97 Å². The van der Waals surface area contributed by atoms with Gasteiger partial charge in [0.15, 0.2) is 0 Å². The van der Waals surface area contributed by atoms with E-state index in [-0.39, 0.29) is 6.61 Å². The summed E-state index contributed by atoms with van der Waals surface area (Å²) >= 11 is 1.47. The molecule has 0 unspecified atom stereocenters. The summed E-state index contributed by atoms with van der Waals surface area (Å²) in [6, 6.07) is 17.1. The Balaban J connectivity index is 1.51. The average molecular weight is 406 g/mol. The highest BCUT2D eigenvalue weighted by Crippen LogP contribution is 2.32. The lowest BCUT2D eigenvalue weighted by molar-refractivity contribution is 0.0467. The minimum Gasteiger partial charge on any atom is -0.496 e. The van der Waals surface area contributed by atoms with Gasteiger partial charge in [-0.1, -0.05) is 47.6 Å². The van der Waals surface area contributed by atoms with E-state index in [1.54, 1.807) is 14.0 Å². The van der Waals surface area contributed by atoms with Gasteiger partial charge in [-0.25, -0.2) is 9.78 Å². The Morgan fingerprint density at radius 1 is 1.10 bits per heavy atom. The van der Waals surface area contributed by atoms with Gasteiger partial charge in [-0.2, -0.15) is 0 Å². The van der Waals surface area contributed by atoms with Crippen LogP contribution in [0.25, 0.3) is 21.8 Å². The van der Waals surface area contributed by atoms with Crippen LogP contribution >= 0.6 is 11.3 Å². The zero-order valence-electron chi connectivity index (χ0n) is 15.9. The summed E-state index contributed by atoms with van der Waals surface area (Å²) < 4.78 is 16.1. The molecule has 0 saturated heterocycles. The number of esters is 1. The van der Waals surface area contributed by atoms with Crippen molar-refractivity contribution in [3.05, 3.63) is 77.0 Å². The highest BCUT2D eigenvalue weighted by molar-refractivity contribution is 7.13.